The van der Waals surface area contributed by atoms with Gasteiger partial charge in [0.2, 0.25) is 0 Å². The fourth-order valence-electron chi connectivity index (χ4n) is 1.17. The molecule has 15 heavy (non-hydrogen) atoms. The van der Waals surface area contributed by atoms with E-state index in [1.54, 1.807) is 0 Å². The maximum Gasteiger partial charge on any atom is 0.303 e. The van der Waals surface area contributed by atoms with Crippen molar-refractivity contribution < 1.29 is 18.7 Å². The number of alkyl halides is 2. The van der Waals surface area contributed by atoms with Gasteiger partial charge in [-0.1, -0.05) is 12.1 Å². The van der Waals surface area contributed by atoms with E-state index in [0.29, 0.717) is 0 Å². The molecule has 5 heteroatoms. The van der Waals surface area contributed by atoms with Crippen molar-refractivity contribution in [3.63, 3.8) is 0 Å². The van der Waals surface area contributed by atoms with Gasteiger partial charge in [0.1, 0.15) is 0 Å². The average molecular weight is 215 g/mol. The zero-order valence-corrected chi connectivity index (χ0v) is 7.91. The lowest BCUT2D eigenvalue weighted by molar-refractivity contribution is -0.139. The maximum atomic E-state index is 13.4. The van der Waals surface area contributed by atoms with Crippen LogP contribution in [0.1, 0.15) is 18.4 Å². The van der Waals surface area contributed by atoms with Gasteiger partial charge in [-0.2, -0.15) is 0 Å². The van der Waals surface area contributed by atoms with Crippen LogP contribution < -0.4 is 5.73 Å². The smallest absolute Gasteiger partial charge is 0.303 e. The van der Waals surface area contributed by atoms with E-state index in [2.05, 4.69) is 0 Å². The van der Waals surface area contributed by atoms with Crippen molar-refractivity contribution >= 4 is 11.7 Å². The summed E-state index contributed by atoms with van der Waals surface area (Å²) in [6, 6.07) is 5.30. The number of anilines is 1. The summed E-state index contributed by atoms with van der Waals surface area (Å²) in [4.78, 5) is 10.2. The van der Waals surface area contributed by atoms with Crippen LogP contribution in [0, 0.1) is 0 Å². The van der Waals surface area contributed by atoms with Gasteiger partial charge in [0.05, 0.1) is 6.42 Å². The molecule has 82 valence electrons. The molecule has 0 fully saturated rings. The lowest BCUT2D eigenvalue weighted by atomic mass is 10.0. The molecule has 0 saturated heterocycles. The topological polar surface area (TPSA) is 63.3 Å². The third-order valence-corrected chi connectivity index (χ3v) is 1.96. The van der Waals surface area contributed by atoms with E-state index < -0.39 is 24.7 Å². The second-order valence-electron chi connectivity index (χ2n) is 3.22. The molecule has 3 nitrogen and oxygen atoms in total. The minimum Gasteiger partial charge on any atom is -0.481 e. The summed E-state index contributed by atoms with van der Waals surface area (Å²) in [7, 11) is 0. The molecule has 0 aliphatic heterocycles. The Balaban J connectivity index is 2.80. The second kappa shape index (κ2) is 4.25. The molecule has 0 aliphatic carbocycles. The molecule has 0 bridgehead atoms. The monoisotopic (exact) mass is 215 g/mol. The summed E-state index contributed by atoms with van der Waals surface area (Å²) in [5.41, 5.74) is 5.35. The molecule has 0 unspecified atom stereocenters. The van der Waals surface area contributed by atoms with Crippen molar-refractivity contribution in [2.24, 2.45) is 0 Å². The summed E-state index contributed by atoms with van der Waals surface area (Å²) >= 11 is 0. The summed E-state index contributed by atoms with van der Waals surface area (Å²) in [6.45, 7) is 0. The summed E-state index contributed by atoms with van der Waals surface area (Å²) in [5.74, 6) is -4.38. The fraction of sp³-hybridized carbons (Fsp3) is 0.300. The summed E-state index contributed by atoms with van der Waals surface area (Å²) < 4.78 is 26.8. The van der Waals surface area contributed by atoms with Gasteiger partial charge in [0.15, 0.2) is 0 Å². The number of hydrogen-bond donors (Lipinski definition) is 2. The first-order valence-corrected chi connectivity index (χ1v) is 4.37. The predicted octanol–water partition coefficient (Wildman–Crippen LogP) is 2.23. The normalized spacial score (nSPS) is 11.3. The minimum absolute atomic E-state index is 0.238. The largest absolute Gasteiger partial charge is 0.481 e. The van der Waals surface area contributed by atoms with Crippen LogP contribution in [0.15, 0.2) is 24.3 Å². The number of benzene rings is 1. The van der Waals surface area contributed by atoms with Gasteiger partial charge in [0.25, 0.3) is 5.92 Å². The van der Waals surface area contributed by atoms with Gasteiger partial charge in [0, 0.05) is 17.7 Å². The molecule has 0 radical (unpaired) electrons. The zero-order chi connectivity index (χ0) is 11.5. The lowest BCUT2D eigenvalue weighted by Gasteiger charge is -2.15. The lowest BCUT2D eigenvalue weighted by Crippen LogP contribution is -2.15. The second-order valence-corrected chi connectivity index (χ2v) is 3.22. The van der Waals surface area contributed by atoms with Crippen molar-refractivity contribution in [3.05, 3.63) is 29.8 Å². The Morgan fingerprint density at radius 2 is 2.13 bits per heavy atom. The Morgan fingerprint density at radius 1 is 1.47 bits per heavy atom. The molecule has 1 aromatic rings. The third-order valence-electron chi connectivity index (χ3n) is 1.96. The molecule has 0 amide bonds. The molecule has 1 aromatic carbocycles. The van der Waals surface area contributed by atoms with Crippen LogP contribution in [0.5, 0.6) is 0 Å². The summed E-state index contributed by atoms with van der Waals surface area (Å²) in [6.07, 6.45) is -1.28. The standard InChI is InChI=1S/C10H11F2NO2/c11-10(12,5-4-9(14)15)7-2-1-3-8(13)6-7/h1-3,6H,4-5,13H2,(H,14,15). The van der Waals surface area contributed by atoms with Gasteiger partial charge in [-0.3, -0.25) is 4.79 Å². The first-order valence-electron chi connectivity index (χ1n) is 4.37. The highest BCUT2D eigenvalue weighted by Gasteiger charge is 2.31. The van der Waals surface area contributed by atoms with Crippen LogP contribution in [0.25, 0.3) is 0 Å². The third kappa shape index (κ3) is 3.19. The fourth-order valence-corrected chi connectivity index (χ4v) is 1.17. The Kier molecular flexibility index (Phi) is 3.24. The van der Waals surface area contributed by atoms with E-state index >= 15 is 0 Å². The van der Waals surface area contributed by atoms with Crippen LogP contribution in [0.2, 0.25) is 0 Å². The zero-order valence-electron chi connectivity index (χ0n) is 7.91. The minimum atomic E-state index is -3.15. The molecular weight excluding hydrogens is 204 g/mol. The Labute approximate surface area is 85.5 Å². The van der Waals surface area contributed by atoms with Gasteiger partial charge in [-0.15, -0.1) is 0 Å². The molecule has 3 N–H and O–H groups in total. The number of carboxylic acids is 1. The number of carboxylic acid groups (broad SMARTS) is 1. The number of nitrogen functional groups attached to an aromatic ring is 1. The molecule has 0 spiro atoms. The van der Waals surface area contributed by atoms with Crippen LogP contribution in [0.3, 0.4) is 0 Å². The molecule has 0 atom stereocenters. The number of rotatable bonds is 4. The van der Waals surface area contributed by atoms with E-state index in [4.69, 9.17) is 10.8 Å². The number of halogens is 2. The predicted molar refractivity (Wildman–Crippen MR) is 51.6 cm³/mol. The van der Waals surface area contributed by atoms with Gasteiger partial charge in [-0.05, 0) is 12.1 Å². The summed E-state index contributed by atoms with van der Waals surface area (Å²) in [5, 5.41) is 8.32. The van der Waals surface area contributed by atoms with E-state index in [1.807, 2.05) is 0 Å². The molecule has 0 aliphatic rings. The number of aliphatic carboxylic acids is 1. The van der Waals surface area contributed by atoms with Crippen molar-refractivity contribution in [3.8, 4) is 0 Å². The quantitative estimate of drug-likeness (QED) is 0.757. The molecule has 0 aromatic heterocycles. The number of nitrogens with two attached hydrogens (primary N) is 1. The Morgan fingerprint density at radius 3 is 2.67 bits per heavy atom. The van der Waals surface area contributed by atoms with Gasteiger partial charge < -0.3 is 10.8 Å². The van der Waals surface area contributed by atoms with Crippen molar-refractivity contribution in [2.45, 2.75) is 18.8 Å². The highest BCUT2D eigenvalue weighted by atomic mass is 19.3. The van der Waals surface area contributed by atoms with Crippen molar-refractivity contribution in [2.75, 3.05) is 5.73 Å². The highest BCUT2D eigenvalue weighted by Crippen LogP contribution is 2.33. The van der Waals surface area contributed by atoms with Crippen molar-refractivity contribution in [1.29, 1.82) is 0 Å². The molecule has 0 heterocycles. The van der Waals surface area contributed by atoms with E-state index in [0.717, 1.165) is 6.07 Å². The van der Waals surface area contributed by atoms with E-state index in [-0.39, 0.29) is 11.3 Å². The van der Waals surface area contributed by atoms with Crippen LogP contribution >= 0.6 is 0 Å². The number of hydrogen-bond acceptors (Lipinski definition) is 2. The molecule has 0 saturated carbocycles. The van der Waals surface area contributed by atoms with Crippen molar-refractivity contribution in [1.82, 2.24) is 0 Å². The number of carbonyl (C=O) groups is 1. The first kappa shape index (κ1) is 11.4. The molecular formula is C10H11F2NO2. The molecule has 1 rings (SSSR count). The first-order chi connectivity index (χ1) is 6.92. The Bertz CT molecular complexity index is 366. The van der Waals surface area contributed by atoms with Crippen LogP contribution in [-0.2, 0) is 10.7 Å². The highest BCUT2D eigenvalue weighted by molar-refractivity contribution is 5.66. The SMILES string of the molecule is Nc1cccc(C(F)(F)CCC(=O)O)c1. The van der Waals surface area contributed by atoms with Gasteiger partial charge in [-0.25, -0.2) is 8.78 Å². The van der Waals surface area contributed by atoms with Gasteiger partial charge >= 0.3 is 5.97 Å². The average Bonchev–Trinajstić information content (AvgIpc) is 2.15. The van der Waals surface area contributed by atoms with Crippen LogP contribution in [-0.4, -0.2) is 11.1 Å². The van der Waals surface area contributed by atoms with Crippen LogP contribution in [0.4, 0.5) is 14.5 Å². The van der Waals surface area contributed by atoms with E-state index in [1.165, 1.54) is 18.2 Å². The maximum absolute atomic E-state index is 13.4. The van der Waals surface area contributed by atoms with E-state index in [9.17, 15) is 13.6 Å². The Hall–Kier alpha value is -1.65.